The Morgan fingerprint density at radius 3 is 2.22 bits per heavy atom. The number of imide groups is 1. The molecule has 0 saturated carbocycles. The first kappa shape index (κ1) is 38.5. The fourth-order valence-corrected chi connectivity index (χ4v) is 5.74. The van der Waals surface area contributed by atoms with Crippen molar-refractivity contribution >= 4 is 63.2 Å². The van der Waals surface area contributed by atoms with Gasteiger partial charge in [-0.1, -0.05) is 23.7 Å². The lowest BCUT2D eigenvalue weighted by atomic mass is 9.93. The molecule has 0 radical (unpaired) electrons. The summed E-state index contributed by atoms with van der Waals surface area (Å²) in [7, 11) is 0. The fraction of sp³-hybridized carbons (Fsp3) is 0.406. The largest absolute Gasteiger partial charge is 0.444 e. The van der Waals surface area contributed by atoms with Crippen LogP contribution in [0.5, 0.6) is 0 Å². The summed E-state index contributed by atoms with van der Waals surface area (Å²) < 4.78 is 52.5. The lowest BCUT2D eigenvalue weighted by Crippen LogP contribution is -2.58. The summed E-state index contributed by atoms with van der Waals surface area (Å²) in [6.07, 6.45) is -6.73. The van der Waals surface area contributed by atoms with Crippen LogP contribution in [0, 0.1) is 0 Å². The van der Waals surface area contributed by atoms with Crippen molar-refractivity contribution in [1.82, 2.24) is 31.2 Å². The van der Waals surface area contributed by atoms with E-state index in [4.69, 9.17) is 25.9 Å². The number of amides is 4. The van der Waals surface area contributed by atoms with Crippen molar-refractivity contribution in [3.63, 3.8) is 0 Å². The average Bonchev–Trinajstić information content (AvgIpc) is 3.55. The molecule has 2 heterocycles. The van der Waals surface area contributed by atoms with Gasteiger partial charge in [-0.05, 0) is 101 Å². The minimum atomic E-state index is -4.74. The Labute approximate surface area is 294 Å². The number of nitrogens with zero attached hydrogens (tertiary/aromatic N) is 2. The second kappa shape index (κ2) is 15.3. The molecule has 4 N–H and O–H groups in total. The smallest absolute Gasteiger partial charge is 0.416 e. The van der Waals surface area contributed by atoms with Gasteiger partial charge >= 0.3 is 18.4 Å². The number of allylic oxidation sites excluding steroid dienone is 1. The summed E-state index contributed by atoms with van der Waals surface area (Å²) in [5.74, 6) is -0.747. The SMILES string of the molecule is CC(C)(C)OC(=O)NC(NOCCN1C(=O)S/C(=C(/Cc2ccc(Cl)cc2C(F)(F)F)c2ccc3[nH]ncc3c2)C1=O)NC(=O)OC(C)(C)C. The van der Waals surface area contributed by atoms with Crippen molar-refractivity contribution in [2.75, 3.05) is 13.2 Å². The molecule has 270 valence electrons. The number of hydrogen-bond acceptors (Lipinski definition) is 10. The van der Waals surface area contributed by atoms with Gasteiger partial charge in [-0.3, -0.25) is 35.1 Å². The molecule has 1 saturated heterocycles. The van der Waals surface area contributed by atoms with E-state index in [0.29, 0.717) is 28.2 Å². The highest BCUT2D eigenvalue weighted by atomic mass is 35.5. The molecule has 1 aliphatic rings. The number of hydroxylamine groups is 1. The predicted molar refractivity (Wildman–Crippen MR) is 179 cm³/mol. The van der Waals surface area contributed by atoms with Crippen molar-refractivity contribution in [2.45, 2.75) is 71.6 Å². The summed E-state index contributed by atoms with van der Waals surface area (Å²) >= 11 is 6.48. The van der Waals surface area contributed by atoms with Crippen LogP contribution in [0.1, 0.15) is 58.2 Å². The molecule has 0 spiro atoms. The highest BCUT2D eigenvalue weighted by molar-refractivity contribution is 8.18. The number of rotatable bonds is 10. The van der Waals surface area contributed by atoms with Gasteiger partial charge in [0.05, 0.1) is 35.3 Å². The number of carbonyl (C=O) groups is 4. The zero-order valence-electron chi connectivity index (χ0n) is 27.9. The normalized spacial score (nSPS) is 15.1. The summed E-state index contributed by atoms with van der Waals surface area (Å²) in [6, 6.07) is 8.32. The number of carbonyl (C=O) groups excluding carboxylic acids is 4. The number of aromatic amines is 1. The third kappa shape index (κ3) is 10.6. The number of fused-ring (bicyclic) bond motifs is 1. The lowest BCUT2D eigenvalue weighted by molar-refractivity contribution is -0.138. The standard InChI is InChI=1S/C32H36ClF3N6O7S/c1-30(2,3)48-27(44)38-26(39-28(45)49-31(4,5)6)41-47-12-11-42-25(43)24(50-29(42)46)21(17-8-10-23-19(13-17)16-37-40-23)14-18-7-9-20(33)15-22(18)32(34,35)36/h7-10,13,15-16,26,41H,11-12,14H2,1-6H3,(H,37,40)(H,38,44)(H,39,45)/b24-21-. The molecule has 0 bridgehead atoms. The highest BCUT2D eigenvalue weighted by Crippen LogP contribution is 2.41. The maximum atomic E-state index is 14.0. The van der Waals surface area contributed by atoms with Crippen LogP contribution >= 0.6 is 23.4 Å². The van der Waals surface area contributed by atoms with Gasteiger partial charge < -0.3 is 9.47 Å². The van der Waals surface area contributed by atoms with E-state index in [9.17, 15) is 32.3 Å². The molecular weight excluding hydrogens is 705 g/mol. The average molecular weight is 741 g/mol. The Kier molecular flexibility index (Phi) is 11.8. The molecule has 0 unspecified atom stereocenters. The van der Waals surface area contributed by atoms with Crippen LogP contribution in [0.3, 0.4) is 0 Å². The Bertz CT molecular complexity index is 1770. The van der Waals surface area contributed by atoms with Crippen LogP contribution in [0.25, 0.3) is 16.5 Å². The molecule has 1 aliphatic heterocycles. The third-order valence-electron chi connectivity index (χ3n) is 6.60. The first-order valence-corrected chi connectivity index (χ1v) is 16.3. The number of halogens is 4. The van der Waals surface area contributed by atoms with Gasteiger partial charge in [-0.15, -0.1) is 0 Å². The van der Waals surface area contributed by atoms with Gasteiger partial charge in [0.25, 0.3) is 11.1 Å². The predicted octanol–water partition coefficient (Wildman–Crippen LogP) is 6.74. The number of ether oxygens (including phenoxy) is 2. The maximum Gasteiger partial charge on any atom is 0.416 e. The van der Waals surface area contributed by atoms with Gasteiger partial charge in [0.1, 0.15) is 11.2 Å². The van der Waals surface area contributed by atoms with E-state index in [2.05, 4.69) is 26.3 Å². The Morgan fingerprint density at radius 2 is 1.62 bits per heavy atom. The summed E-state index contributed by atoms with van der Waals surface area (Å²) in [6.45, 7) is 9.24. The number of aromatic nitrogens is 2. The van der Waals surface area contributed by atoms with Crippen molar-refractivity contribution in [3.05, 3.63) is 69.2 Å². The minimum Gasteiger partial charge on any atom is -0.444 e. The zero-order valence-corrected chi connectivity index (χ0v) is 29.5. The molecule has 3 aromatic rings. The highest BCUT2D eigenvalue weighted by Gasteiger charge is 2.39. The van der Waals surface area contributed by atoms with E-state index in [0.717, 1.165) is 11.0 Å². The molecule has 4 rings (SSSR count). The van der Waals surface area contributed by atoms with Gasteiger partial charge in [-0.2, -0.15) is 23.8 Å². The van der Waals surface area contributed by atoms with Crippen molar-refractivity contribution < 1.29 is 46.7 Å². The monoisotopic (exact) mass is 740 g/mol. The van der Waals surface area contributed by atoms with E-state index in [-0.39, 0.29) is 40.6 Å². The second-order valence-corrected chi connectivity index (χ2v) is 14.4. The van der Waals surface area contributed by atoms with E-state index >= 15 is 0 Å². The van der Waals surface area contributed by atoms with Gasteiger partial charge in [0.2, 0.25) is 0 Å². The molecule has 4 amide bonds. The van der Waals surface area contributed by atoms with Crippen LogP contribution in [0.15, 0.2) is 47.5 Å². The van der Waals surface area contributed by atoms with Gasteiger partial charge in [0, 0.05) is 10.4 Å². The van der Waals surface area contributed by atoms with Crippen LogP contribution in [0.2, 0.25) is 5.02 Å². The number of alkyl halides is 3. The Balaban J connectivity index is 1.54. The molecular formula is C32H36ClF3N6O7S. The van der Waals surface area contributed by atoms with E-state index in [1.165, 1.54) is 18.3 Å². The number of nitrogens with one attached hydrogen (secondary N) is 4. The topological polar surface area (TPSA) is 164 Å². The number of benzene rings is 2. The molecule has 2 aromatic carbocycles. The fourth-order valence-electron chi connectivity index (χ4n) is 4.60. The Hall–Kier alpha value is -4.32. The molecule has 1 fully saturated rings. The summed E-state index contributed by atoms with van der Waals surface area (Å²) in [5, 5.41) is 11.3. The lowest BCUT2D eigenvalue weighted by Gasteiger charge is -2.26. The minimum absolute atomic E-state index is 0.0649. The summed E-state index contributed by atoms with van der Waals surface area (Å²) in [5.41, 5.74) is 0.851. The number of hydrogen-bond donors (Lipinski definition) is 4. The first-order chi connectivity index (χ1) is 23.2. The van der Waals surface area contributed by atoms with Crippen LogP contribution in [-0.4, -0.2) is 69.1 Å². The van der Waals surface area contributed by atoms with E-state index < -0.39 is 52.6 Å². The molecule has 0 aliphatic carbocycles. The Morgan fingerprint density at radius 1 is 0.980 bits per heavy atom. The van der Waals surface area contributed by atoms with E-state index in [1.54, 1.807) is 59.7 Å². The molecule has 1 aromatic heterocycles. The number of thioether (sulfide) groups is 1. The third-order valence-corrected chi connectivity index (χ3v) is 7.85. The maximum absolute atomic E-state index is 14.0. The second-order valence-electron chi connectivity index (χ2n) is 13.0. The van der Waals surface area contributed by atoms with E-state index in [1.807, 2.05) is 0 Å². The van der Waals surface area contributed by atoms with Crippen molar-refractivity contribution in [2.24, 2.45) is 0 Å². The number of alkyl carbamates (subject to hydrolysis) is 2. The summed E-state index contributed by atoms with van der Waals surface area (Å²) in [4.78, 5) is 57.7. The molecule has 13 nitrogen and oxygen atoms in total. The van der Waals surface area contributed by atoms with Crippen LogP contribution < -0.4 is 16.1 Å². The van der Waals surface area contributed by atoms with Crippen LogP contribution in [-0.2, 0) is 31.7 Å². The van der Waals surface area contributed by atoms with Gasteiger partial charge in [-0.25, -0.2) is 9.59 Å². The van der Waals surface area contributed by atoms with Crippen LogP contribution in [0.4, 0.5) is 27.6 Å². The quantitative estimate of drug-likeness (QED) is 0.0758. The van der Waals surface area contributed by atoms with Gasteiger partial charge in [0.15, 0.2) is 6.29 Å². The molecule has 18 heteroatoms. The number of H-pyrrole nitrogens is 1. The van der Waals surface area contributed by atoms with Crippen molar-refractivity contribution in [1.29, 1.82) is 0 Å². The first-order valence-electron chi connectivity index (χ1n) is 15.1. The van der Waals surface area contributed by atoms with Crippen molar-refractivity contribution in [3.8, 4) is 0 Å². The zero-order chi connectivity index (χ0) is 37.0. The molecule has 0 atom stereocenters. The molecule has 50 heavy (non-hydrogen) atoms.